The molecule has 1 saturated heterocycles. The van der Waals surface area contributed by atoms with Crippen molar-refractivity contribution in [1.29, 1.82) is 0 Å². The Bertz CT molecular complexity index is 509. The molecule has 1 aliphatic rings. The quantitative estimate of drug-likeness (QED) is 0.851. The zero-order valence-electron chi connectivity index (χ0n) is 10.9. The Morgan fingerprint density at radius 2 is 2.00 bits per heavy atom. The van der Waals surface area contributed by atoms with Gasteiger partial charge in [0.15, 0.2) is 0 Å². The van der Waals surface area contributed by atoms with Crippen LogP contribution in [0.3, 0.4) is 0 Å². The Hall–Kier alpha value is -0.980. The normalized spacial score (nSPS) is 20.7. The molecule has 0 amide bonds. The molecule has 0 radical (unpaired) electrons. The molecule has 0 aromatic heterocycles. The van der Waals surface area contributed by atoms with Gasteiger partial charge in [0.1, 0.15) is 5.82 Å². The van der Waals surface area contributed by atoms with E-state index in [0.29, 0.717) is 13.2 Å². The van der Waals surface area contributed by atoms with Gasteiger partial charge in [-0.15, -0.1) is 0 Å². The standard InChI is InChI=1S/C13H18FNO3S/c1-15(10-12-4-2-3-9-18-12)19(16,17)13-7-5-11(14)6-8-13/h5-8,12H,2-4,9-10H2,1H3. The molecule has 6 heteroatoms. The fourth-order valence-corrected chi connectivity index (χ4v) is 3.33. The number of hydrogen-bond acceptors (Lipinski definition) is 3. The van der Waals surface area contributed by atoms with Gasteiger partial charge < -0.3 is 4.74 Å². The van der Waals surface area contributed by atoms with Crippen molar-refractivity contribution in [3.8, 4) is 0 Å². The topological polar surface area (TPSA) is 46.6 Å². The molecule has 0 N–H and O–H groups in total. The molecule has 0 aliphatic carbocycles. The van der Waals surface area contributed by atoms with E-state index in [1.807, 2.05) is 0 Å². The van der Waals surface area contributed by atoms with Crippen LogP contribution < -0.4 is 0 Å². The Labute approximate surface area is 113 Å². The molecule has 4 nitrogen and oxygen atoms in total. The van der Waals surface area contributed by atoms with Gasteiger partial charge in [0.2, 0.25) is 10.0 Å². The highest BCUT2D eigenvalue weighted by Gasteiger charge is 2.25. The average molecular weight is 287 g/mol. The number of nitrogens with zero attached hydrogens (tertiary/aromatic N) is 1. The zero-order chi connectivity index (χ0) is 13.9. The number of rotatable bonds is 4. The summed E-state index contributed by atoms with van der Waals surface area (Å²) in [6, 6.07) is 4.86. The molecule has 1 fully saturated rings. The van der Waals surface area contributed by atoms with E-state index in [1.54, 1.807) is 0 Å². The van der Waals surface area contributed by atoms with E-state index in [1.165, 1.54) is 23.5 Å². The average Bonchev–Trinajstić information content (AvgIpc) is 2.40. The van der Waals surface area contributed by atoms with E-state index in [-0.39, 0.29) is 11.0 Å². The first-order valence-corrected chi connectivity index (χ1v) is 7.77. The van der Waals surface area contributed by atoms with Crippen molar-refractivity contribution in [1.82, 2.24) is 4.31 Å². The van der Waals surface area contributed by atoms with Crippen molar-refractivity contribution >= 4 is 10.0 Å². The van der Waals surface area contributed by atoms with E-state index in [2.05, 4.69) is 0 Å². The fourth-order valence-electron chi connectivity index (χ4n) is 2.12. The van der Waals surface area contributed by atoms with E-state index in [4.69, 9.17) is 4.74 Å². The highest BCUT2D eigenvalue weighted by molar-refractivity contribution is 7.89. The number of likely N-dealkylation sites (N-methyl/N-ethyl adjacent to an activating group) is 1. The third-order valence-corrected chi connectivity index (χ3v) is 5.09. The molecule has 1 aromatic carbocycles. The van der Waals surface area contributed by atoms with Crippen LogP contribution in [-0.4, -0.2) is 39.0 Å². The summed E-state index contributed by atoms with van der Waals surface area (Å²) in [5, 5.41) is 0. The molecule has 1 atom stereocenters. The predicted molar refractivity (Wildman–Crippen MR) is 69.8 cm³/mol. The molecule has 106 valence electrons. The molecular weight excluding hydrogens is 269 g/mol. The maximum Gasteiger partial charge on any atom is 0.242 e. The summed E-state index contributed by atoms with van der Waals surface area (Å²) in [4.78, 5) is 0.104. The van der Waals surface area contributed by atoms with E-state index < -0.39 is 15.8 Å². The second kappa shape index (κ2) is 5.98. The monoisotopic (exact) mass is 287 g/mol. The van der Waals surface area contributed by atoms with Crippen LogP contribution in [0.1, 0.15) is 19.3 Å². The predicted octanol–water partition coefficient (Wildman–Crippen LogP) is 2.02. The van der Waals surface area contributed by atoms with Crippen LogP contribution in [0.2, 0.25) is 0 Å². The first-order chi connectivity index (χ1) is 9.00. The first-order valence-electron chi connectivity index (χ1n) is 6.33. The smallest absolute Gasteiger partial charge is 0.242 e. The number of halogens is 1. The van der Waals surface area contributed by atoms with Gasteiger partial charge in [-0.2, -0.15) is 4.31 Å². The lowest BCUT2D eigenvalue weighted by molar-refractivity contribution is 0.00858. The van der Waals surface area contributed by atoms with Crippen molar-refractivity contribution in [3.63, 3.8) is 0 Å². The lowest BCUT2D eigenvalue weighted by Gasteiger charge is -2.27. The molecule has 2 rings (SSSR count). The lowest BCUT2D eigenvalue weighted by Crippen LogP contribution is -2.37. The summed E-state index contributed by atoms with van der Waals surface area (Å²) in [6.07, 6.45) is 2.93. The third-order valence-electron chi connectivity index (χ3n) is 3.26. The minimum atomic E-state index is -3.57. The number of ether oxygens (including phenoxy) is 1. The molecule has 1 aromatic rings. The molecule has 0 spiro atoms. The van der Waals surface area contributed by atoms with Crippen molar-refractivity contribution in [3.05, 3.63) is 30.1 Å². The van der Waals surface area contributed by atoms with Gasteiger partial charge in [-0.3, -0.25) is 0 Å². The van der Waals surface area contributed by atoms with Crippen LogP contribution in [0.5, 0.6) is 0 Å². The molecular formula is C13H18FNO3S. The minimum Gasteiger partial charge on any atom is -0.377 e. The number of hydrogen-bond donors (Lipinski definition) is 0. The molecule has 0 bridgehead atoms. The highest BCUT2D eigenvalue weighted by Crippen LogP contribution is 2.18. The van der Waals surface area contributed by atoms with Gasteiger partial charge in [-0.1, -0.05) is 0 Å². The largest absolute Gasteiger partial charge is 0.377 e. The summed E-state index contributed by atoms with van der Waals surface area (Å²) in [5.41, 5.74) is 0. The molecule has 0 saturated carbocycles. The zero-order valence-corrected chi connectivity index (χ0v) is 11.7. The Balaban J connectivity index is 2.07. The minimum absolute atomic E-state index is 0.0472. The second-order valence-corrected chi connectivity index (χ2v) is 6.77. The summed E-state index contributed by atoms with van der Waals surface area (Å²) >= 11 is 0. The summed E-state index contributed by atoms with van der Waals surface area (Å²) in [7, 11) is -2.04. The first kappa shape index (κ1) is 14.4. The van der Waals surface area contributed by atoms with E-state index in [0.717, 1.165) is 31.4 Å². The van der Waals surface area contributed by atoms with Gasteiger partial charge in [0.05, 0.1) is 11.0 Å². The maximum absolute atomic E-state index is 12.8. The Morgan fingerprint density at radius 1 is 1.32 bits per heavy atom. The van der Waals surface area contributed by atoms with Crippen molar-refractivity contribution in [2.75, 3.05) is 20.2 Å². The fraction of sp³-hybridized carbons (Fsp3) is 0.538. The van der Waals surface area contributed by atoms with Crippen LogP contribution in [0.25, 0.3) is 0 Å². The van der Waals surface area contributed by atoms with Crippen LogP contribution in [-0.2, 0) is 14.8 Å². The van der Waals surface area contributed by atoms with Crippen LogP contribution in [0, 0.1) is 5.82 Å². The molecule has 1 unspecified atom stereocenters. The molecule has 19 heavy (non-hydrogen) atoms. The van der Waals surface area contributed by atoms with Gasteiger partial charge in [0.25, 0.3) is 0 Å². The highest BCUT2D eigenvalue weighted by atomic mass is 32.2. The second-order valence-electron chi connectivity index (χ2n) is 4.73. The summed E-state index contributed by atoms with van der Waals surface area (Å²) in [6.45, 7) is 1.02. The van der Waals surface area contributed by atoms with Crippen LogP contribution in [0.4, 0.5) is 4.39 Å². The molecule has 1 aliphatic heterocycles. The van der Waals surface area contributed by atoms with Gasteiger partial charge in [-0.25, -0.2) is 12.8 Å². The lowest BCUT2D eigenvalue weighted by atomic mass is 10.1. The van der Waals surface area contributed by atoms with Crippen LogP contribution in [0.15, 0.2) is 29.2 Å². The molecule has 1 heterocycles. The summed E-state index contributed by atoms with van der Waals surface area (Å²) in [5.74, 6) is -0.447. The summed E-state index contributed by atoms with van der Waals surface area (Å²) < 4.78 is 44.2. The van der Waals surface area contributed by atoms with Gasteiger partial charge >= 0.3 is 0 Å². The maximum atomic E-state index is 12.8. The number of sulfonamides is 1. The third kappa shape index (κ3) is 3.52. The van der Waals surface area contributed by atoms with E-state index in [9.17, 15) is 12.8 Å². The Kier molecular flexibility index (Phi) is 4.54. The SMILES string of the molecule is CN(CC1CCCCO1)S(=O)(=O)c1ccc(F)cc1. The van der Waals surface area contributed by atoms with Crippen molar-refractivity contribution in [2.24, 2.45) is 0 Å². The van der Waals surface area contributed by atoms with Crippen molar-refractivity contribution in [2.45, 2.75) is 30.3 Å². The van der Waals surface area contributed by atoms with Crippen molar-refractivity contribution < 1.29 is 17.5 Å². The van der Waals surface area contributed by atoms with E-state index >= 15 is 0 Å². The van der Waals surface area contributed by atoms with Gasteiger partial charge in [-0.05, 0) is 43.5 Å². The van der Waals surface area contributed by atoms with Crippen LogP contribution >= 0.6 is 0 Å². The number of benzene rings is 1. The van der Waals surface area contributed by atoms with Gasteiger partial charge in [0, 0.05) is 20.2 Å². The Morgan fingerprint density at radius 3 is 2.58 bits per heavy atom.